The Labute approximate surface area is 232 Å². The Hall–Kier alpha value is -2.03. The lowest BCUT2D eigenvalue weighted by Gasteiger charge is -2.62. The molecule has 0 spiro atoms. The van der Waals surface area contributed by atoms with Gasteiger partial charge in [-0.3, -0.25) is 4.79 Å². The van der Waals surface area contributed by atoms with E-state index in [9.17, 15) is 15.0 Å². The van der Waals surface area contributed by atoms with Gasteiger partial charge in [0.2, 0.25) is 0 Å². The molecule has 9 atom stereocenters. The highest BCUT2D eigenvalue weighted by molar-refractivity contribution is 5.66. The second-order valence-corrected chi connectivity index (χ2v) is 13.4. The zero-order valence-corrected chi connectivity index (χ0v) is 24.7. The van der Waals surface area contributed by atoms with Gasteiger partial charge in [-0.15, -0.1) is 0 Å². The van der Waals surface area contributed by atoms with Gasteiger partial charge >= 0.3 is 5.97 Å². The van der Waals surface area contributed by atoms with Crippen LogP contribution >= 0.6 is 0 Å². The van der Waals surface area contributed by atoms with Gasteiger partial charge in [-0.25, -0.2) is 0 Å². The maximum atomic E-state index is 11.9. The number of carbonyl (C=O) groups excluding carboxylic acids is 1. The summed E-state index contributed by atoms with van der Waals surface area (Å²) in [5, 5.41) is 22.4. The molecule has 3 aliphatic heterocycles. The predicted octanol–water partition coefficient (Wildman–Crippen LogP) is 5.77. The first-order chi connectivity index (χ1) is 18.2. The van der Waals surface area contributed by atoms with Gasteiger partial charge in [-0.2, -0.15) is 0 Å². The summed E-state index contributed by atoms with van der Waals surface area (Å²) in [5.41, 5.74) is -0.348. The number of hydrogen-bond donors (Lipinski definition) is 2. The lowest BCUT2D eigenvalue weighted by Crippen LogP contribution is -2.65. The lowest BCUT2D eigenvalue weighted by atomic mass is 9.53. The summed E-state index contributed by atoms with van der Waals surface area (Å²) < 4.78 is 31.5. The Morgan fingerprint density at radius 1 is 1.23 bits per heavy atom. The first kappa shape index (κ1) is 28.5. The number of phenolic OH excluding ortho intramolecular Hbond substituents is 1. The van der Waals surface area contributed by atoms with Crippen LogP contribution in [0.2, 0.25) is 0 Å². The van der Waals surface area contributed by atoms with Gasteiger partial charge in [-0.05, 0) is 58.4 Å². The van der Waals surface area contributed by atoms with Gasteiger partial charge in [-0.1, -0.05) is 34.1 Å². The molecule has 2 fully saturated rings. The summed E-state index contributed by atoms with van der Waals surface area (Å²) in [4.78, 5) is 11.9. The van der Waals surface area contributed by atoms with Crippen molar-refractivity contribution in [1.29, 1.82) is 0 Å². The van der Waals surface area contributed by atoms with Crippen LogP contribution in [0, 0.1) is 17.3 Å². The third-order valence-electron chi connectivity index (χ3n) is 10.2. The summed E-state index contributed by atoms with van der Waals surface area (Å²) in [6, 6.07) is 1.88. The first-order valence-electron chi connectivity index (χ1n) is 14.6. The highest BCUT2D eigenvalue weighted by Gasteiger charge is 2.64. The summed E-state index contributed by atoms with van der Waals surface area (Å²) in [6.07, 6.45) is 3.01. The molecular weight excluding hydrogens is 500 g/mol. The fraction of sp³-hybridized carbons (Fsp3) is 0.774. The van der Waals surface area contributed by atoms with E-state index in [0.29, 0.717) is 17.1 Å². The average molecular weight is 547 g/mol. The van der Waals surface area contributed by atoms with Crippen LogP contribution < -0.4 is 9.47 Å². The number of esters is 1. The minimum absolute atomic E-state index is 0.0294. The molecule has 1 aromatic carbocycles. The summed E-state index contributed by atoms with van der Waals surface area (Å²) in [5.74, 6) is 0.580. The van der Waals surface area contributed by atoms with Gasteiger partial charge in [0.15, 0.2) is 18.3 Å². The van der Waals surface area contributed by atoms with Gasteiger partial charge in [0.1, 0.15) is 23.6 Å². The molecule has 39 heavy (non-hydrogen) atoms. The maximum absolute atomic E-state index is 11.9. The first-order valence-corrected chi connectivity index (χ1v) is 14.6. The van der Waals surface area contributed by atoms with Crippen molar-refractivity contribution in [3.63, 3.8) is 0 Å². The quantitative estimate of drug-likeness (QED) is 0.434. The number of benzene rings is 1. The topological polar surface area (TPSA) is 104 Å². The normalized spacial score (nSPS) is 35.7. The standard InChI is InChI=1S/C31H46O8/c1-9-16(2)25(37-18(4)32)17(3)19-14-20-23-26(24(19)33)39-31(8)13-11-22-30(7,28(31)27(23)36-15-35-20)12-10-21(38-22)29(5,6)34/h14,16-17,21-22,25,27-28,33-34H,9-13,15H2,1-8H3/t16-,17-,21+,22+,25+,27+,28+,30-,31+/m0/s1. The predicted molar refractivity (Wildman–Crippen MR) is 145 cm³/mol. The average Bonchev–Trinajstić information content (AvgIpc) is 2.86. The highest BCUT2D eigenvalue weighted by atomic mass is 16.7. The van der Waals surface area contributed by atoms with Crippen molar-refractivity contribution in [2.24, 2.45) is 17.3 Å². The van der Waals surface area contributed by atoms with E-state index in [4.69, 9.17) is 23.7 Å². The van der Waals surface area contributed by atoms with Crippen LogP contribution in [0.4, 0.5) is 0 Å². The smallest absolute Gasteiger partial charge is 0.302 e. The van der Waals surface area contributed by atoms with Gasteiger partial charge in [0.05, 0.1) is 23.4 Å². The van der Waals surface area contributed by atoms with Crippen LogP contribution in [0.25, 0.3) is 0 Å². The SMILES string of the molecule is CC[C@H](C)[C@@H](OC(C)=O)[C@@H](C)c1cc2c3c(c1O)O[C@]1(C)CC[C@H]4O[C@@H](C(C)(C)O)CC[C@]4(C)[C@H]1[C@@H]3OCO2. The Morgan fingerprint density at radius 3 is 2.59 bits per heavy atom. The number of aliphatic hydroxyl groups is 1. The minimum Gasteiger partial charge on any atom is -0.504 e. The molecule has 3 heterocycles. The van der Waals surface area contributed by atoms with Crippen LogP contribution in [0.5, 0.6) is 17.2 Å². The van der Waals surface area contributed by atoms with Crippen molar-refractivity contribution in [1.82, 2.24) is 0 Å². The van der Waals surface area contributed by atoms with Crippen LogP contribution in [0.15, 0.2) is 6.07 Å². The van der Waals surface area contributed by atoms with Crippen LogP contribution in [-0.4, -0.2) is 52.5 Å². The fourth-order valence-corrected chi connectivity index (χ4v) is 7.91. The Kier molecular flexibility index (Phi) is 7.17. The zero-order chi connectivity index (χ0) is 28.5. The van der Waals surface area contributed by atoms with Crippen molar-refractivity contribution < 1.29 is 38.7 Å². The van der Waals surface area contributed by atoms with E-state index in [1.54, 1.807) is 0 Å². The largest absolute Gasteiger partial charge is 0.504 e. The van der Waals surface area contributed by atoms with Crippen molar-refractivity contribution >= 4 is 5.97 Å². The number of aromatic hydroxyl groups is 1. The van der Waals surface area contributed by atoms with E-state index in [-0.39, 0.29) is 60.0 Å². The second kappa shape index (κ2) is 9.81. The lowest BCUT2D eigenvalue weighted by molar-refractivity contribution is -0.268. The van der Waals surface area contributed by atoms with Crippen molar-refractivity contribution in [2.75, 3.05) is 6.79 Å². The third kappa shape index (κ3) is 4.60. The molecule has 0 unspecified atom stereocenters. The Bertz CT molecular complexity index is 1110. The van der Waals surface area contributed by atoms with Crippen molar-refractivity contribution in [2.45, 2.75) is 129 Å². The third-order valence-corrected chi connectivity index (χ3v) is 10.2. The molecule has 218 valence electrons. The zero-order valence-electron chi connectivity index (χ0n) is 24.7. The number of phenols is 1. The number of carbonyl (C=O) groups is 1. The molecule has 2 N–H and O–H groups in total. The van der Waals surface area contributed by atoms with Crippen molar-refractivity contribution in [3.8, 4) is 17.2 Å². The van der Waals surface area contributed by atoms with E-state index in [1.807, 2.05) is 26.8 Å². The molecule has 8 heteroatoms. The molecule has 0 amide bonds. The number of rotatable bonds is 6. The van der Waals surface area contributed by atoms with Crippen LogP contribution in [0.1, 0.15) is 111 Å². The Balaban J connectivity index is 1.56. The van der Waals surface area contributed by atoms with Crippen LogP contribution in [0.3, 0.4) is 0 Å². The summed E-state index contributed by atoms with van der Waals surface area (Å²) in [7, 11) is 0. The monoisotopic (exact) mass is 546 g/mol. The van der Waals surface area contributed by atoms with E-state index in [0.717, 1.165) is 37.7 Å². The maximum Gasteiger partial charge on any atom is 0.302 e. The number of ether oxygens (including phenoxy) is 5. The second-order valence-electron chi connectivity index (χ2n) is 13.4. The highest BCUT2D eigenvalue weighted by Crippen LogP contribution is 2.66. The molecule has 0 bridgehead atoms. The molecule has 1 saturated heterocycles. The van der Waals surface area contributed by atoms with E-state index < -0.39 is 17.3 Å². The molecule has 8 nitrogen and oxygen atoms in total. The van der Waals surface area contributed by atoms with Gasteiger partial charge in [0, 0.05) is 29.7 Å². The Morgan fingerprint density at radius 2 is 1.95 bits per heavy atom. The van der Waals surface area contributed by atoms with Gasteiger partial charge in [0.25, 0.3) is 0 Å². The van der Waals surface area contributed by atoms with Gasteiger partial charge < -0.3 is 33.9 Å². The molecule has 1 aliphatic carbocycles. The molecule has 5 rings (SSSR count). The summed E-state index contributed by atoms with van der Waals surface area (Å²) >= 11 is 0. The molecule has 0 aromatic heterocycles. The molecule has 1 aromatic rings. The molecule has 4 aliphatic rings. The number of fused-ring (bicyclic) bond motifs is 4. The molecule has 1 saturated carbocycles. The van der Waals surface area contributed by atoms with Crippen LogP contribution in [-0.2, 0) is 19.0 Å². The van der Waals surface area contributed by atoms with E-state index in [2.05, 4.69) is 27.7 Å². The number of hydrogen-bond acceptors (Lipinski definition) is 8. The van der Waals surface area contributed by atoms with E-state index in [1.165, 1.54) is 6.92 Å². The van der Waals surface area contributed by atoms with E-state index >= 15 is 0 Å². The minimum atomic E-state index is -0.905. The van der Waals surface area contributed by atoms with Crippen molar-refractivity contribution in [3.05, 3.63) is 17.2 Å². The molecular formula is C31H46O8. The molecule has 0 radical (unpaired) electrons. The summed E-state index contributed by atoms with van der Waals surface area (Å²) in [6.45, 7) is 15.6. The fourth-order valence-electron chi connectivity index (χ4n) is 7.91.